The average Bonchev–Trinajstić information content (AvgIpc) is 0.503. The molecule has 0 fully saturated rings. The van der Waals surface area contributed by atoms with Gasteiger partial charge in [-0.05, 0) is 0 Å². The van der Waals surface area contributed by atoms with Crippen molar-refractivity contribution in [2.75, 3.05) is 0 Å². The molecule has 10 heavy (non-hydrogen) atoms. The number of hydrogen-bond acceptors (Lipinski definition) is 8. The molecule has 0 atom stereocenters. The van der Waals surface area contributed by atoms with Gasteiger partial charge in [0.15, 0.2) is 0 Å². The fraction of sp³-hybridized carbons (Fsp3) is 0. The van der Waals surface area contributed by atoms with Crippen LogP contribution in [0.4, 0.5) is 0 Å². The van der Waals surface area contributed by atoms with E-state index in [9.17, 15) is 0 Å². The zero-order valence-corrected chi connectivity index (χ0v) is 10.7. The maximum atomic E-state index is 8.70. The van der Waals surface area contributed by atoms with E-state index in [1.165, 1.54) is 0 Å². The first kappa shape index (κ1) is 12.6. The molecule has 0 aliphatic rings. The summed E-state index contributed by atoms with van der Waals surface area (Å²) in [7, 11) is -13.4. The summed E-state index contributed by atoms with van der Waals surface area (Å²) in [6.45, 7) is 0. The molecule has 0 heterocycles. The van der Waals surface area contributed by atoms with Crippen LogP contribution in [0.5, 0.6) is 0 Å². The van der Waals surface area contributed by atoms with Crippen molar-refractivity contribution in [1.29, 1.82) is 0 Å². The SMILES string of the molecule is [Hf].[O]=[W](=[O])(=[O])(=[O])(=[O])(=[O])(=[O])=[O]. The Morgan fingerprint density at radius 3 is 0.500 bits per heavy atom. The summed E-state index contributed by atoms with van der Waals surface area (Å²) < 4.78 is 69.6. The van der Waals surface area contributed by atoms with Gasteiger partial charge < -0.3 is 0 Å². The van der Waals surface area contributed by atoms with Crippen molar-refractivity contribution in [3.63, 3.8) is 0 Å². The van der Waals surface area contributed by atoms with E-state index >= 15 is 0 Å². The quantitative estimate of drug-likeness (QED) is 0.397. The van der Waals surface area contributed by atoms with Gasteiger partial charge in [0.25, 0.3) is 0 Å². The Labute approximate surface area is 63.6 Å². The van der Waals surface area contributed by atoms with Crippen molar-refractivity contribution in [1.82, 2.24) is 0 Å². The van der Waals surface area contributed by atoms with Crippen molar-refractivity contribution in [2.24, 2.45) is 0 Å². The molecule has 58 valence electrons. The molecule has 0 aromatic rings. The van der Waals surface area contributed by atoms with Crippen molar-refractivity contribution in [3.8, 4) is 0 Å². The number of hydrogen-bond donors (Lipinski definition) is 0. The van der Waals surface area contributed by atoms with E-state index in [0.717, 1.165) is 0 Å². The van der Waals surface area contributed by atoms with Gasteiger partial charge in [0.1, 0.15) is 0 Å². The second-order valence-electron chi connectivity index (χ2n) is 1.91. The molecule has 10 heteroatoms. The average molecular weight is 490 g/mol. The third-order valence-corrected chi connectivity index (χ3v) is 0. The normalized spacial score (nSPS) is 14.4. The predicted molar refractivity (Wildman–Crippen MR) is 5.49 cm³/mol. The molecule has 0 unspecified atom stereocenters. The Bertz CT molecular complexity index is 880. The fourth-order valence-electron chi connectivity index (χ4n) is 0. The Morgan fingerprint density at radius 1 is 0.500 bits per heavy atom. The zero-order chi connectivity index (χ0) is 8.35. The summed E-state index contributed by atoms with van der Waals surface area (Å²) in [6, 6.07) is 0. The van der Waals surface area contributed by atoms with Crippen LogP contribution in [0.15, 0.2) is 0 Å². The summed E-state index contributed by atoms with van der Waals surface area (Å²) in [5.41, 5.74) is 0. The van der Waals surface area contributed by atoms with E-state index in [2.05, 4.69) is 0 Å². The molecule has 8 nitrogen and oxygen atoms in total. The predicted octanol–water partition coefficient (Wildman–Crippen LogP) is -0.955. The van der Waals surface area contributed by atoms with Crippen molar-refractivity contribution in [3.05, 3.63) is 0 Å². The Hall–Kier alpha value is -0.0416. The minimum atomic E-state index is -13.4. The first-order valence-corrected chi connectivity index (χ1v) is 10.9. The molecule has 0 saturated heterocycles. The van der Waals surface area contributed by atoms with Crippen LogP contribution in [0.2, 0.25) is 0 Å². The molecule has 0 N–H and O–H groups in total. The molecule has 0 amide bonds. The van der Waals surface area contributed by atoms with Gasteiger partial charge in [0.2, 0.25) is 0 Å². The van der Waals surface area contributed by atoms with E-state index in [1.807, 2.05) is 0 Å². The fourth-order valence-corrected chi connectivity index (χ4v) is 0. The van der Waals surface area contributed by atoms with E-state index in [4.69, 9.17) is 27.2 Å². The van der Waals surface area contributed by atoms with Gasteiger partial charge in [-0.1, -0.05) is 0 Å². The van der Waals surface area contributed by atoms with Gasteiger partial charge in [-0.25, -0.2) is 0 Å². The van der Waals surface area contributed by atoms with Crippen LogP contribution in [0.1, 0.15) is 0 Å². The van der Waals surface area contributed by atoms with E-state index < -0.39 is 10.8 Å². The molecule has 0 aromatic carbocycles. The summed E-state index contributed by atoms with van der Waals surface area (Å²) in [5.74, 6) is 0. The summed E-state index contributed by atoms with van der Waals surface area (Å²) in [4.78, 5) is 0. The van der Waals surface area contributed by atoms with Gasteiger partial charge in [-0.2, -0.15) is 0 Å². The molecule has 0 aliphatic heterocycles. The van der Waals surface area contributed by atoms with Crippen LogP contribution >= 0.6 is 0 Å². The minimum absolute atomic E-state index is 0. The molecule has 0 spiro atoms. The van der Waals surface area contributed by atoms with Crippen LogP contribution < -0.4 is 0 Å². The van der Waals surface area contributed by atoms with Crippen molar-refractivity contribution >= 4 is 0 Å². The molecule has 0 saturated carbocycles. The van der Waals surface area contributed by atoms with Crippen LogP contribution in [0.25, 0.3) is 0 Å². The summed E-state index contributed by atoms with van der Waals surface area (Å²) >= 11 is 0. The molecule has 0 rings (SSSR count). The molecule has 0 aromatic heterocycles. The molecule has 0 radical (unpaired) electrons. The van der Waals surface area contributed by atoms with Crippen molar-refractivity contribution in [2.45, 2.75) is 0 Å². The Kier molecular flexibility index (Phi) is 0.916. The zero-order valence-electron chi connectivity index (χ0n) is 4.17. The molecule has 0 aliphatic carbocycles. The molecular weight excluding hydrogens is 490 g/mol. The van der Waals surface area contributed by atoms with Crippen molar-refractivity contribution < 1.29 is 63.8 Å². The third-order valence-electron chi connectivity index (χ3n) is 0. The summed E-state index contributed by atoms with van der Waals surface area (Å²) in [6.07, 6.45) is 0. The van der Waals surface area contributed by atoms with E-state index in [0.29, 0.717) is 0 Å². The number of rotatable bonds is 0. The van der Waals surface area contributed by atoms with Gasteiger partial charge in [0, 0.05) is 25.8 Å². The van der Waals surface area contributed by atoms with E-state index in [1.54, 1.807) is 0 Å². The second-order valence-corrected chi connectivity index (χ2v) is 15.6. The van der Waals surface area contributed by atoms with Crippen LogP contribution in [-0.4, -0.2) is 0 Å². The first-order valence-electron chi connectivity index (χ1n) is 1.33. The Morgan fingerprint density at radius 2 is 0.500 bits per heavy atom. The van der Waals surface area contributed by atoms with Crippen LogP contribution in [0.3, 0.4) is 0 Å². The van der Waals surface area contributed by atoms with Gasteiger partial charge in [-0.15, -0.1) is 0 Å². The van der Waals surface area contributed by atoms with Crippen LogP contribution in [0, 0.1) is 0 Å². The molecule has 0 bridgehead atoms. The maximum absolute atomic E-state index is 13.4. The monoisotopic (exact) mass is 492 g/mol. The Balaban J connectivity index is 0. The first-order chi connectivity index (χ1) is 2.83. The van der Waals surface area contributed by atoms with E-state index in [-0.39, 0.29) is 25.8 Å². The summed E-state index contributed by atoms with van der Waals surface area (Å²) in [5, 5.41) is 0. The topological polar surface area (TPSA) is 137 Å². The van der Waals surface area contributed by atoms with Gasteiger partial charge in [0.05, 0.1) is 0 Å². The van der Waals surface area contributed by atoms with Gasteiger partial charge in [-0.3, -0.25) is 0 Å². The standard InChI is InChI=1S/Hf.8O.W. The third kappa shape index (κ3) is 223000. The van der Waals surface area contributed by atoms with Gasteiger partial charge >= 0.3 is 37.9 Å². The molecular formula is HfO8W. The second kappa shape index (κ2) is 0.726. The van der Waals surface area contributed by atoms with Crippen LogP contribution in [-0.2, 0) is 63.8 Å².